The highest BCUT2D eigenvalue weighted by Gasteiger charge is 2.35. The number of imide groups is 1. The van der Waals surface area contributed by atoms with Gasteiger partial charge in [0.05, 0.1) is 22.1 Å². The van der Waals surface area contributed by atoms with Crippen molar-refractivity contribution in [3.63, 3.8) is 0 Å². The van der Waals surface area contributed by atoms with E-state index in [1.54, 1.807) is 13.2 Å². The van der Waals surface area contributed by atoms with Gasteiger partial charge in [-0.25, -0.2) is 0 Å². The molecular formula is C22H16INO3S. The van der Waals surface area contributed by atoms with Crippen LogP contribution in [0, 0.1) is 3.57 Å². The van der Waals surface area contributed by atoms with Gasteiger partial charge in [-0.2, -0.15) is 0 Å². The molecule has 1 fully saturated rings. The van der Waals surface area contributed by atoms with Gasteiger partial charge in [-0.15, -0.1) is 0 Å². The topological polar surface area (TPSA) is 46.6 Å². The maximum atomic E-state index is 12.8. The van der Waals surface area contributed by atoms with E-state index in [1.165, 1.54) is 4.90 Å². The summed E-state index contributed by atoms with van der Waals surface area (Å²) in [7, 11) is 1.62. The SMILES string of the molecule is COc1ccc(/C=C2\SC(=O)N(Cc3ccc4ccccc4c3)C2=O)cc1I. The predicted molar refractivity (Wildman–Crippen MR) is 121 cm³/mol. The summed E-state index contributed by atoms with van der Waals surface area (Å²) in [4.78, 5) is 26.9. The molecule has 3 aromatic carbocycles. The van der Waals surface area contributed by atoms with Gasteiger partial charge < -0.3 is 4.74 Å². The predicted octanol–water partition coefficient (Wildman–Crippen LogP) is 5.69. The minimum Gasteiger partial charge on any atom is -0.496 e. The Morgan fingerprint density at radius 1 is 1.04 bits per heavy atom. The molecule has 0 radical (unpaired) electrons. The number of thioether (sulfide) groups is 1. The number of carbonyl (C=O) groups is 2. The van der Waals surface area contributed by atoms with Gasteiger partial charge in [0.25, 0.3) is 11.1 Å². The molecule has 1 heterocycles. The largest absolute Gasteiger partial charge is 0.496 e. The van der Waals surface area contributed by atoms with E-state index in [0.717, 1.165) is 43.0 Å². The summed E-state index contributed by atoms with van der Waals surface area (Å²) in [5.74, 6) is 0.524. The van der Waals surface area contributed by atoms with Crippen molar-refractivity contribution in [2.45, 2.75) is 6.54 Å². The van der Waals surface area contributed by atoms with Crippen LogP contribution in [-0.4, -0.2) is 23.2 Å². The zero-order valence-electron chi connectivity index (χ0n) is 15.0. The molecule has 4 rings (SSSR count). The lowest BCUT2D eigenvalue weighted by molar-refractivity contribution is -0.123. The number of halogens is 1. The fraction of sp³-hybridized carbons (Fsp3) is 0.0909. The Hall–Kier alpha value is -2.32. The van der Waals surface area contributed by atoms with Crippen LogP contribution < -0.4 is 4.74 Å². The lowest BCUT2D eigenvalue weighted by atomic mass is 10.1. The molecule has 0 aromatic heterocycles. The van der Waals surface area contributed by atoms with Crippen molar-refractivity contribution >= 4 is 62.3 Å². The van der Waals surface area contributed by atoms with Crippen LogP contribution in [0.25, 0.3) is 16.8 Å². The van der Waals surface area contributed by atoms with E-state index in [0.29, 0.717) is 4.91 Å². The number of hydrogen-bond donors (Lipinski definition) is 0. The molecular weight excluding hydrogens is 485 g/mol. The fourth-order valence-corrected chi connectivity index (χ4v) is 4.68. The third-order valence-corrected chi connectivity index (χ3v) is 6.25. The van der Waals surface area contributed by atoms with Crippen molar-refractivity contribution in [3.05, 3.63) is 80.3 Å². The molecule has 1 aliphatic heterocycles. The maximum absolute atomic E-state index is 12.8. The molecule has 0 spiro atoms. The second-order valence-electron chi connectivity index (χ2n) is 6.34. The van der Waals surface area contributed by atoms with E-state index in [9.17, 15) is 9.59 Å². The lowest BCUT2D eigenvalue weighted by Gasteiger charge is -2.13. The molecule has 1 aliphatic rings. The molecule has 2 amide bonds. The number of fused-ring (bicyclic) bond motifs is 1. The summed E-state index contributed by atoms with van der Waals surface area (Å²) in [6, 6.07) is 19.7. The van der Waals surface area contributed by atoms with Crippen molar-refractivity contribution < 1.29 is 14.3 Å². The number of carbonyl (C=O) groups excluding carboxylic acids is 2. The van der Waals surface area contributed by atoms with Gasteiger partial charge in [0.15, 0.2) is 0 Å². The van der Waals surface area contributed by atoms with Crippen LogP contribution in [0.2, 0.25) is 0 Å². The third kappa shape index (κ3) is 3.79. The normalized spacial score (nSPS) is 15.6. The van der Waals surface area contributed by atoms with Crippen LogP contribution in [-0.2, 0) is 11.3 Å². The lowest BCUT2D eigenvalue weighted by Crippen LogP contribution is -2.27. The van der Waals surface area contributed by atoms with Crippen LogP contribution >= 0.6 is 34.4 Å². The van der Waals surface area contributed by atoms with Gasteiger partial charge in [0.2, 0.25) is 0 Å². The molecule has 1 saturated heterocycles. The second-order valence-corrected chi connectivity index (χ2v) is 8.50. The molecule has 0 bridgehead atoms. The van der Waals surface area contributed by atoms with Gasteiger partial charge in [-0.3, -0.25) is 14.5 Å². The Kier molecular flexibility index (Phi) is 5.41. The highest BCUT2D eigenvalue weighted by atomic mass is 127. The Labute approximate surface area is 180 Å². The first kappa shape index (κ1) is 19.0. The number of nitrogens with zero attached hydrogens (tertiary/aromatic N) is 1. The van der Waals surface area contributed by atoms with Gasteiger partial charge in [0.1, 0.15) is 5.75 Å². The van der Waals surface area contributed by atoms with Gasteiger partial charge in [0, 0.05) is 0 Å². The summed E-state index contributed by atoms with van der Waals surface area (Å²) in [6.07, 6.45) is 1.76. The monoisotopic (exact) mass is 501 g/mol. The Morgan fingerprint density at radius 2 is 1.82 bits per heavy atom. The second kappa shape index (κ2) is 7.97. The van der Waals surface area contributed by atoms with Crippen molar-refractivity contribution in [2.24, 2.45) is 0 Å². The summed E-state index contributed by atoms with van der Waals surface area (Å²) in [5, 5.41) is 1.98. The first-order valence-electron chi connectivity index (χ1n) is 8.62. The van der Waals surface area contributed by atoms with E-state index in [-0.39, 0.29) is 17.7 Å². The number of ether oxygens (including phenoxy) is 1. The van der Waals surface area contributed by atoms with Gasteiger partial charge in [-0.05, 0) is 80.5 Å². The molecule has 28 heavy (non-hydrogen) atoms. The number of benzene rings is 3. The standard InChI is InChI=1S/C22H16INO3S/c1-27-19-9-7-14(11-18(19)23)12-20-21(25)24(22(26)28-20)13-15-6-8-16-4-2-3-5-17(16)10-15/h2-12H,13H2,1H3/b20-12-. The van der Waals surface area contributed by atoms with Crippen LogP contribution in [0.4, 0.5) is 4.79 Å². The van der Waals surface area contributed by atoms with Crippen molar-refractivity contribution in [1.29, 1.82) is 0 Å². The highest BCUT2D eigenvalue weighted by Crippen LogP contribution is 2.34. The fourth-order valence-electron chi connectivity index (χ4n) is 3.08. The number of hydrogen-bond acceptors (Lipinski definition) is 4. The minimum absolute atomic E-state index is 0.243. The Morgan fingerprint density at radius 3 is 2.57 bits per heavy atom. The Bertz CT molecular complexity index is 1130. The van der Waals surface area contributed by atoms with Crippen LogP contribution in [0.5, 0.6) is 5.75 Å². The van der Waals surface area contributed by atoms with Crippen LogP contribution in [0.15, 0.2) is 65.6 Å². The molecule has 6 heteroatoms. The maximum Gasteiger partial charge on any atom is 0.293 e. The van der Waals surface area contributed by atoms with Crippen LogP contribution in [0.1, 0.15) is 11.1 Å². The van der Waals surface area contributed by atoms with E-state index in [2.05, 4.69) is 22.6 Å². The molecule has 0 N–H and O–H groups in total. The van der Waals surface area contributed by atoms with E-state index >= 15 is 0 Å². The molecule has 0 aliphatic carbocycles. The molecule has 140 valence electrons. The van der Waals surface area contributed by atoms with E-state index < -0.39 is 0 Å². The quantitative estimate of drug-likeness (QED) is 0.341. The highest BCUT2D eigenvalue weighted by molar-refractivity contribution is 14.1. The van der Waals surface area contributed by atoms with E-state index in [1.807, 2.05) is 60.7 Å². The summed E-state index contributed by atoms with van der Waals surface area (Å²) >= 11 is 3.16. The van der Waals surface area contributed by atoms with Crippen LogP contribution in [0.3, 0.4) is 0 Å². The zero-order chi connectivity index (χ0) is 19.7. The van der Waals surface area contributed by atoms with Crippen molar-refractivity contribution in [2.75, 3.05) is 7.11 Å². The molecule has 0 unspecified atom stereocenters. The van der Waals surface area contributed by atoms with Crippen molar-refractivity contribution in [1.82, 2.24) is 4.90 Å². The average Bonchev–Trinajstić information content (AvgIpc) is 2.95. The Balaban J connectivity index is 1.57. The third-order valence-electron chi connectivity index (χ3n) is 4.50. The number of rotatable bonds is 4. The first-order chi connectivity index (χ1) is 13.5. The van der Waals surface area contributed by atoms with E-state index in [4.69, 9.17) is 4.74 Å². The average molecular weight is 501 g/mol. The smallest absolute Gasteiger partial charge is 0.293 e. The summed E-state index contributed by atoms with van der Waals surface area (Å²) in [6.45, 7) is 0.271. The van der Waals surface area contributed by atoms with Gasteiger partial charge >= 0.3 is 0 Å². The summed E-state index contributed by atoms with van der Waals surface area (Å²) in [5.41, 5.74) is 1.79. The minimum atomic E-state index is -0.256. The molecule has 0 saturated carbocycles. The number of methoxy groups -OCH3 is 1. The summed E-state index contributed by atoms with van der Waals surface area (Å²) < 4.78 is 6.21. The molecule has 3 aromatic rings. The molecule has 4 nitrogen and oxygen atoms in total. The van der Waals surface area contributed by atoms with Gasteiger partial charge in [-0.1, -0.05) is 42.5 Å². The number of amides is 2. The first-order valence-corrected chi connectivity index (χ1v) is 10.5. The zero-order valence-corrected chi connectivity index (χ0v) is 18.0. The molecule has 0 atom stereocenters. The van der Waals surface area contributed by atoms with Crippen molar-refractivity contribution in [3.8, 4) is 5.75 Å².